The number of hydrogen-bond donors (Lipinski definition) is 2. The van der Waals surface area contributed by atoms with E-state index in [1.54, 1.807) is 7.11 Å². The number of carbonyl (C=O) groups excluding carboxylic acids is 1. The van der Waals surface area contributed by atoms with Gasteiger partial charge in [-0.05, 0) is 36.8 Å². The van der Waals surface area contributed by atoms with Crippen LogP contribution >= 0.6 is 0 Å². The molecule has 0 unspecified atom stereocenters. The van der Waals surface area contributed by atoms with Gasteiger partial charge in [0.05, 0.1) is 12.7 Å². The molecule has 0 spiro atoms. The molecule has 0 radical (unpaired) electrons. The van der Waals surface area contributed by atoms with E-state index in [1.807, 2.05) is 31.2 Å². The number of nitrogens with one attached hydrogen (secondary N) is 1. The zero-order valence-corrected chi connectivity index (χ0v) is 11.7. The Hall–Kier alpha value is -2.82. The third kappa shape index (κ3) is 1.45. The molecule has 104 valence electrons. The standard InChI is InChI=1S/C16H13N3O2/c1-7-5-11-13(14-12(7)16(20)19-15(14)17)9-6-8(21-2)3-4-10(9)18-11/h3-6,18H,1-2H3,(H2,17,19,20). The number of aryl methyl sites for hydroxylation is 1. The first-order valence-electron chi connectivity index (χ1n) is 6.62. The van der Waals surface area contributed by atoms with Crippen LogP contribution in [0.15, 0.2) is 29.3 Å². The van der Waals surface area contributed by atoms with E-state index in [0.717, 1.165) is 38.7 Å². The fourth-order valence-corrected chi connectivity index (χ4v) is 3.06. The average Bonchev–Trinajstić information content (AvgIpc) is 2.95. The van der Waals surface area contributed by atoms with Gasteiger partial charge in [-0.15, -0.1) is 0 Å². The van der Waals surface area contributed by atoms with Crippen molar-refractivity contribution in [3.05, 3.63) is 41.0 Å². The molecule has 0 saturated carbocycles. The number of rotatable bonds is 1. The smallest absolute Gasteiger partial charge is 0.279 e. The number of carbonyl (C=O) groups is 1. The highest BCUT2D eigenvalue weighted by molar-refractivity contribution is 6.29. The van der Waals surface area contributed by atoms with Gasteiger partial charge in [0.2, 0.25) is 0 Å². The lowest BCUT2D eigenvalue weighted by Gasteiger charge is -2.05. The Balaban J connectivity index is 2.24. The van der Waals surface area contributed by atoms with Crippen molar-refractivity contribution in [2.45, 2.75) is 6.92 Å². The molecule has 5 nitrogen and oxygen atoms in total. The third-order valence-corrected chi connectivity index (χ3v) is 3.98. The number of fused-ring (bicyclic) bond motifs is 5. The van der Waals surface area contributed by atoms with Crippen LogP contribution in [0, 0.1) is 6.92 Å². The van der Waals surface area contributed by atoms with Gasteiger partial charge in [0, 0.05) is 27.4 Å². The molecule has 21 heavy (non-hydrogen) atoms. The van der Waals surface area contributed by atoms with E-state index < -0.39 is 0 Å². The van der Waals surface area contributed by atoms with E-state index in [0.29, 0.717) is 5.56 Å². The Bertz CT molecular complexity index is 967. The Morgan fingerprint density at radius 1 is 1.19 bits per heavy atom. The van der Waals surface area contributed by atoms with Crippen molar-refractivity contribution in [2.75, 3.05) is 7.11 Å². The predicted molar refractivity (Wildman–Crippen MR) is 82.1 cm³/mol. The average molecular weight is 279 g/mol. The normalized spacial score (nSPS) is 13.8. The molecule has 1 aliphatic heterocycles. The Morgan fingerprint density at radius 3 is 2.76 bits per heavy atom. The maximum absolute atomic E-state index is 12.0. The second kappa shape index (κ2) is 3.85. The van der Waals surface area contributed by atoms with Gasteiger partial charge in [0.25, 0.3) is 5.91 Å². The molecule has 0 bridgehead atoms. The van der Waals surface area contributed by atoms with Crippen LogP contribution in [0.2, 0.25) is 0 Å². The molecule has 3 aromatic rings. The summed E-state index contributed by atoms with van der Waals surface area (Å²) in [5.41, 5.74) is 10.1. The van der Waals surface area contributed by atoms with Crippen LogP contribution in [0.3, 0.4) is 0 Å². The van der Waals surface area contributed by atoms with Crippen molar-refractivity contribution < 1.29 is 9.53 Å². The summed E-state index contributed by atoms with van der Waals surface area (Å²) in [7, 11) is 1.63. The number of aromatic amines is 1. The Morgan fingerprint density at radius 2 is 2.00 bits per heavy atom. The highest BCUT2D eigenvalue weighted by Crippen LogP contribution is 2.36. The molecule has 0 atom stereocenters. The molecule has 3 N–H and O–H groups in total. The molecule has 4 rings (SSSR count). The molecular formula is C16H13N3O2. The minimum atomic E-state index is -0.265. The van der Waals surface area contributed by atoms with Gasteiger partial charge in [-0.1, -0.05) is 0 Å². The van der Waals surface area contributed by atoms with Crippen molar-refractivity contribution >= 4 is 33.5 Å². The lowest BCUT2D eigenvalue weighted by atomic mass is 9.97. The van der Waals surface area contributed by atoms with Crippen LogP contribution in [-0.2, 0) is 0 Å². The van der Waals surface area contributed by atoms with Crippen LogP contribution < -0.4 is 10.5 Å². The van der Waals surface area contributed by atoms with Gasteiger partial charge in [-0.25, -0.2) is 0 Å². The minimum Gasteiger partial charge on any atom is -0.497 e. The summed E-state index contributed by atoms with van der Waals surface area (Å²) in [6.45, 7) is 1.90. The molecule has 1 aromatic heterocycles. The Labute approximate surface area is 120 Å². The first kappa shape index (κ1) is 12.0. The quantitative estimate of drug-likeness (QED) is 0.718. The number of aromatic nitrogens is 1. The first-order valence-corrected chi connectivity index (χ1v) is 6.62. The number of ether oxygens (including phenoxy) is 1. The lowest BCUT2D eigenvalue weighted by Crippen LogP contribution is -2.11. The SMILES string of the molecule is COc1ccc2[nH]c3cc(C)c4c(c3c2c1)C(N)=NC4=O. The molecule has 1 amide bonds. The molecule has 1 aliphatic rings. The molecular weight excluding hydrogens is 266 g/mol. The highest BCUT2D eigenvalue weighted by Gasteiger charge is 2.27. The highest BCUT2D eigenvalue weighted by atomic mass is 16.5. The summed E-state index contributed by atoms with van der Waals surface area (Å²) in [4.78, 5) is 19.3. The lowest BCUT2D eigenvalue weighted by molar-refractivity contribution is 0.101. The molecule has 0 aliphatic carbocycles. The number of methoxy groups -OCH3 is 1. The number of amides is 1. The summed E-state index contributed by atoms with van der Waals surface area (Å²) in [6.07, 6.45) is 0. The second-order valence-electron chi connectivity index (χ2n) is 5.20. The number of hydrogen-bond acceptors (Lipinski definition) is 3. The molecule has 2 aromatic carbocycles. The van der Waals surface area contributed by atoms with Crippen molar-refractivity contribution in [3.63, 3.8) is 0 Å². The van der Waals surface area contributed by atoms with Crippen molar-refractivity contribution in [1.82, 2.24) is 4.98 Å². The van der Waals surface area contributed by atoms with E-state index in [-0.39, 0.29) is 11.7 Å². The van der Waals surface area contributed by atoms with Crippen molar-refractivity contribution in [1.29, 1.82) is 0 Å². The number of nitrogens with two attached hydrogens (primary N) is 1. The van der Waals surface area contributed by atoms with Gasteiger partial charge in [-0.3, -0.25) is 4.79 Å². The maximum Gasteiger partial charge on any atom is 0.279 e. The summed E-state index contributed by atoms with van der Waals surface area (Å²) < 4.78 is 5.29. The summed E-state index contributed by atoms with van der Waals surface area (Å²) in [6, 6.07) is 7.76. The van der Waals surface area contributed by atoms with Gasteiger partial charge in [0.1, 0.15) is 11.6 Å². The zero-order valence-electron chi connectivity index (χ0n) is 11.7. The third-order valence-electron chi connectivity index (χ3n) is 3.98. The molecule has 0 fully saturated rings. The van der Waals surface area contributed by atoms with Gasteiger partial charge in [-0.2, -0.15) is 4.99 Å². The number of H-pyrrole nitrogens is 1. The number of nitrogens with zero attached hydrogens (tertiary/aromatic N) is 1. The zero-order chi connectivity index (χ0) is 14.7. The number of aliphatic imine (C=N–C) groups is 1. The molecule has 5 heteroatoms. The largest absolute Gasteiger partial charge is 0.497 e. The monoisotopic (exact) mass is 279 g/mol. The van der Waals surface area contributed by atoms with E-state index >= 15 is 0 Å². The fraction of sp³-hybridized carbons (Fsp3) is 0.125. The van der Waals surface area contributed by atoms with E-state index in [2.05, 4.69) is 9.98 Å². The van der Waals surface area contributed by atoms with Crippen LogP contribution in [0.1, 0.15) is 21.5 Å². The van der Waals surface area contributed by atoms with Crippen LogP contribution in [0.25, 0.3) is 21.8 Å². The van der Waals surface area contributed by atoms with Gasteiger partial charge in [0.15, 0.2) is 0 Å². The van der Waals surface area contributed by atoms with Crippen LogP contribution in [-0.4, -0.2) is 23.8 Å². The Kier molecular flexibility index (Phi) is 2.19. The number of amidine groups is 1. The van der Waals surface area contributed by atoms with Gasteiger partial charge >= 0.3 is 0 Å². The van der Waals surface area contributed by atoms with E-state index in [1.165, 1.54) is 0 Å². The van der Waals surface area contributed by atoms with Gasteiger partial charge < -0.3 is 15.5 Å². The van der Waals surface area contributed by atoms with E-state index in [9.17, 15) is 4.79 Å². The van der Waals surface area contributed by atoms with Crippen LogP contribution in [0.5, 0.6) is 5.75 Å². The van der Waals surface area contributed by atoms with Crippen molar-refractivity contribution in [3.8, 4) is 5.75 Å². The molecule has 0 saturated heterocycles. The summed E-state index contributed by atoms with van der Waals surface area (Å²) >= 11 is 0. The number of benzene rings is 2. The van der Waals surface area contributed by atoms with Crippen molar-refractivity contribution in [2.24, 2.45) is 10.7 Å². The molecule has 2 heterocycles. The topological polar surface area (TPSA) is 80.5 Å². The predicted octanol–water partition coefficient (Wildman–Crippen LogP) is 2.50. The summed E-state index contributed by atoms with van der Waals surface area (Å²) in [5, 5.41) is 1.91. The maximum atomic E-state index is 12.0. The minimum absolute atomic E-state index is 0.265. The fourth-order valence-electron chi connectivity index (χ4n) is 3.06. The second-order valence-corrected chi connectivity index (χ2v) is 5.20. The van der Waals surface area contributed by atoms with E-state index in [4.69, 9.17) is 10.5 Å². The first-order chi connectivity index (χ1) is 10.1. The van der Waals surface area contributed by atoms with Crippen LogP contribution in [0.4, 0.5) is 0 Å². The summed E-state index contributed by atoms with van der Waals surface area (Å²) in [5.74, 6) is 0.782.